The van der Waals surface area contributed by atoms with E-state index in [1.165, 1.54) is 40.2 Å². The first kappa shape index (κ1) is 20.1. The molecular weight excluding hydrogens is 412 g/mol. The van der Waals surface area contributed by atoms with Gasteiger partial charge in [-0.05, 0) is 38.0 Å². The Morgan fingerprint density at radius 3 is 2.37 bits per heavy atom. The number of aryl methyl sites for hydroxylation is 2. The average molecular weight is 433 g/mol. The Balaban J connectivity index is 1.92. The minimum atomic E-state index is -4.01. The molecule has 0 unspecified atom stereocenters. The van der Waals surface area contributed by atoms with Crippen molar-refractivity contribution in [2.45, 2.75) is 36.0 Å². The van der Waals surface area contributed by atoms with E-state index in [9.17, 15) is 16.8 Å². The lowest BCUT2D eigenvalue weighted by molar-refractivity contribution is 0.346. The van der Waals surface area contributed by atoms with Crippen LogP contribution in [0.15, 0.2) is 34.1 Å². The largest absolute Gasteiger partial charge is 0.279 e. The molecule has 1 aromatic heterocycles. The summed E-state index contributed by atoms with van der Waals surface area (Å²) in [7, 11) is -6.13. The number of nitrogens with zero attached hydrogens (tertiary/aromatic N) is 3. The van der Waals surface area contributed by atoms with E-state index in [4.69, 9.17) is 11.6 Å². The molecule has 1 aliphatic heterocycles. The van der Waals surface area contributed by atoms with Crippen LogP contribution < -0.4 is 4.72 Å². The summed E-state index contributed by atoms with van der Waals surface area (Å²) in [6.07, 6.45) is 2.66. The van der Waals surface area contributed by atoms with Crippen molar-refractivity contribution in [3.63, 3.8) is 0 Å². The van der Waals surface area contributed by atoms with E-state index < -0.39 is 20.0 Å². The van der Waals surface area contributed by atoms with Crippen molar-refractivity contribution < 1.29 is 16.8 Å². The molecule has 1 fully saturated rings. The molecule has 11 heteroatoms. The lowest BCUT2D eigenvalue weighted by Crippen LogP contribution is -2.35. The number of halogens is 1. The fourth-order valence-corrected chi connectivity index (χ4v) is 6.46. The van der Waals surface area contributed by atoms with Crippen molar-refractivity contribution in [3.05, 3.63) is 35.1 Å². The molecule has 1 saturated heterocycles. The molecule has 1 N–H and O–H groups in total. The Kier molecular flexibility index (Phi) is 5.53. The predicted octanol–water partition coefficient (Wildman–Crippen LogP) is 2.36. The summed E-state index contributed by atoms with van der Waals surface area (Å²) in [6, 6.07) is 5.78. The molecular formula is C16H21ClN4O4S2. The molecule has 148 valence electrons. The number of nitrogens with one attached hydrogen (secondary N) is 1. The molecule has 2 aromatic rings. The zero-order valence-electron chi connectivity index (χ0n) is 15.0. The molecule has 0 atom stereocenters. The maximum absolute atomic E-state index is 12.8. The van der Waals surface area contributed by atoms with Crippen LogP contribution in [0.4, 0.5) is 5.69 Å². The molecule has 3 rings (SSSR count). The van der Waals surface area contributed by atoms with Crippen molar-refractivity contribution >= 4 is 37.3 Å². The van der Waals surface area contributed by atoms with Crippen LogP contribution in [-0.2, 0) is 27.1 Å². The van der Waals surface area contributed by atoms with Gasteiger partial charge in [0.2, 0.25) is 10.0 Å². The van der Waals surface area contributed by atoms with E-state index in [1.54, 1.807) is 7.05 Å². The van der Waals surface area contributed by atoms with Crippen LogP contribution in [0.3, 0.4) is 0 Å². The van der Waals surface area contributed by atoms with Gasteiger partial charge < -0.3 is 0 Å². The highest BCUT2D eigenvalue weighted by molar-refractivity contribution is 7.93. The van der Waals surface area contributed by atoms with Gasteiger partial charge in [0.25, 0.3) is 10.0 Å². The fourth-order valence-electron chi connectivity index (χ4n) is 3.10. The number of hydrogen-bond acceptors (Lipinski definition) is 5. The summed E-state index contributed by atoms with van der Waals surface area (Å²) in [5.74, 6) is 0. The number of aromatic nitrogens is 2. The zero-order chi connectivity index (χ0) is 19.8. The van der Waals surface area contributed by atoms with Gasteiger partial charge in [-0.2, -0.15) is 9.40 Å². The van der Waals surface area contributed by atoms with Gasteiger partial charge in [-0.15, -0.1) is 0 Å². The Labute approximate surface area is 164 Å². The number of hydrogen-bond donors (Lipinski definition) is 1. The van der Waals surface area contributed by atoms with Crippen molar-refractivity contribution in [1.29, 1.82) is 0 Å². The monoisotopic (exact) mass is 432 g/mol. The van der Waals surface area contributed by atoms with E-state index >= 15 is 0 Å². The zero-order valence-corrected chi connectivity index (χ0v) is 17.4. The van der Waals surface area contributed by atoms with Crippen molar-refractivity contribution in [3.8, 4) is 0 Å². The van der Waals surface area contributed by atoms with Crippen LogP contribution in [0.25, 0.3) is 0 Å². The fraction of sp³-hybridized carbons (Fsp3) is 0.438. The van der Waals surface area contributed by atoms with Gasteiger partial charge in [0.05, 0.1) is 16.3 Å². The minimum Gasteiger partial charge on any atom is -0.279 e. The smallest absolute Gasteiger partial charge is 0.266 e. The van der Waals surface area contributed by atoms with Crippen LogP contribution in [0.5, 0.6) is 0 Å². The van der Waals surface area contributed by atoms with Gasteiger partial charge in [0.1, 0.15) is 10.0 Å². The molecule has 0 saturated carbocycles. The molecule has 2 heterocycles. The van der Waals surface area contributed by atoms with E-state index in [2.05, 4.69) is 9.82 Å². The molecule has 8 nitrogen and oxygen atoms in total. The Morgan fingerprint density at radius 2 is 1.78 bits per heavy atom. The molecule has 0 amide bonds. The van der Waals surface area contributed by atoms with Gasteiger partial charge in [0, 0.05) is 20.1 Å². The highest BCUT2D eigenvalue weighted by atomic mass is 35.5. The SMILES string of the molecule is Cc1nn(C)c(Cl)c1S(=O)(=O)Nc1cccc(S(=O)(=O)N2CCCCC2)c1. The quantitative estimate of drug-likeness (QED) is 0.781. The van der Waals surface area contributed by atoms with Crippen LogP contribution in [-0.4, -0.2) is 44.0 Å². The summed E-state index contributed by atoms with van der Waals surface area (Å²) in [5.41, 5.74) is 0.402. The standard InChI is InChI=1S/C16H21ClN4O4S2/c1-12-15(16(17)20(2)18-12)26(22,23)19-13-7-6-8-14(11-13)27(24,25)21-9-4-3-5-10-21/h6-8,11,19H,3-5,9-10H2,1-2H3. The topological polar surface area (TPSA) is 101 Å². The molecule has 27 heavy (non-hydrogen) atoms. The lowest BCUT2D eigenvalue weighted by atomic mass is 10.2. The van der Waals surface area contributed by atoms with Gasteiger partial charge in [-0.3, -0.25) is 9.40 Å². The summed E-state index contributed by atoms with van der Waals surface area (Å²) in [4.78, 5) is -0.0745. The van der Waals surface area contributed by atoms with Crippen molar-refractivity contribution in [2.75, 3.05) is 17.8 Å². The molecule has 0 bridgehead atoms. The molecule has 0 spiro atoms. The molecule has 1 aromatic carbocycles. The second-order valence-corrected chi connectivity index (χ2v) is 10.3. The van der Waals surface area contributed by atoms with E-state index in [0.717, 1.165) is 19.3 Å². The Morgan fingerprint density at radius 1 is 1.11 bits per heavy atom. The Hall–Kier alpha value is -1.62. The second-order valence-electron chi connectivity index (χ2n) is 6.43. The predicted molar refractivity (Wildman–Crippen MR) is 103 cm³/mol. The van der Waals surface area contributed by atoms with E-state index in [0.29, 0.717) is 13.1 Å². The first-order valence-corrected chi connectivity index (χ1v) is 11.8. The van der Waals surface area contributed by atoms with Gasteiger partial charge >= 0.3 is 0 Å². The third kappa shape index (κ3) is 3.98. The van der Waals surface area contributed by atoms with E-state index in [1.807, 2.05) is 0 Å². The summed E-state index contributed by atoms with van der Waals surface area (Å²) >= 11 is 6.05. The van der Waals surface area contributed by atoms with Crippen LogP contribution in [0.1, 0.15) is 25.0 Å². The first-order valence-electron chi connectivity index (χ1n) is 8.45. The Bertz CT molecular complexity index is 1060. The molecule has 1 aliphatic rings. The maximum atomic E-state index is 12.8. The third-order valence-corrected chi connectivity index (χ3v) is 8.38. The number of anilines is 1. The van der Waals surface area contributed by atoms with Crippen molar-refractivity contribution in [2.24, 2.45) is 7.05 Å². The van der Waals surface area contributed by atoms with Gasteiger partial charge in [0.15, 0.2) is 0 Å². The highest BCUT2D eigenvalue weighted by Crippen LogP contribution is 2.28. The summed E-state index contributed by atoms with van der Waals surface area (Å²) in [6.45, 7) is 2.49. The maximum Gasteiger partial charge on any atom is 0.266 e. The number of sulfonamides is 2. The average Bonchev–Trinajstić information content (AvgIpc) is 2.88. The number of rotatable bonds is 5. The minimum absolute atomic E-state index is 0.0166. The summed E-state index contributed by atoms with van der Waals surface area (Å²) in [5, 5.41) is 3.98. The number of piperidine rings is 1. The van der Waals surface area contributed by atoms with Gasteiger partial charge in [-0.1, -0.05) is 24.1 Å². The molecule has 0 aliphatic carbocycles. The molecule has 0 radical (unpaired) electrons. The van der Waals surface area contributed by atoms with E-state index in [-0.39, 0.29) is 26.3 Å². The van der Waals surface area contributed by atoms with Gasteiger partial charge in [-0.25, -0.2) is 16.8 Å². The third-order valence-electron chi connectivity index (χ3n) is 4.41. The first-order chi connectivity index (χ1) is 12.6. The number of benzene rings is 1. The van der Waals surface area contributed by atoms with Crippen LogP contribution in [0.2, 0.25) is 5.15 Å². The summed E-state index contributed by atoms with van der Waals surface area (Å²) < 4.78 is 56.1. The highest BCUT2D eigenvalue weighted by Gasteiger charge is 2.28. The lowest BCUT2D eigenvalue weighted by Gasteiger charge is -2.26. The normalized spacial score (nSPS) is 16.4. The van der Waals surface area contributed by atoms with Crippen molar-refractivity contribution in [1.82, 2.24) is 14.1 Å². The van der Waals surface area contributed by atoms with Crippen LogP contribution >= 0.6 is 11.6 Å². The second kappa shape index (κ2) is 7.42. The van der Waals surface area contributed by atoms with Crippen LogP contribution in [0, 0.1) is 6.92 Å².